The summed E-state index contributed by atoms with van der Waals surface area (Å²) in [7, 11) is 0. The number of fused-ring (bicyclic) bond motifs is 1. The first kappa shape index (κ1) is 16.2. The van der Waals surface area contributed by atoms with Crippen LogP contribution in [0.5, 0.6) is 5.75 Å². The second kappa shape index (κ2) is 7.20. The van der Waals surface area contributed by atoms with Gasteiger partial charge < -0.3 is 9.47 Å². The first-order valence-electron chi connectivity index (χ1n) is 7.63. The van der Waals surface area contributed by atoms with E-state index in [2.05, 4.69) is 6.92 Å². The lowest BCUT2D eigenvalue weighted by Crippen LogP contribution is -2.28. The van der Waals surface area contributed by atoms with Crippen molar-refractivity contribution in [2.24, 2.45) is 0 Å². The van der Waals surface area contributed by atoms with E-state index >= 15 is 0 Å². The molecule has 5 nitrogen and oxygen atoms in total. The van der Waals surface area contributed by atoms with Gasteiger partial charge in [-0.3, -0.25) is 14.4 Å². The molecule has 0 amide bonds. The van der Waals surface area contributed by atoms with Crippen molar-refractivity contribution in [3.63, 3.8) is 0 Å². The molecule has 1 aliphatic rings. The Kier molecular flexibility index (Phi) is 5.31. The molecule has 0 radical (unpaired) electrons. The molecule has 0 spiro atoms. The van der Waals surface area contributed by atoms with Crippen LogP contribution in [0.4, 0.5) is 0 Å². The molecule has 22 heavy (non-hydrogen) atoms. The lowest BCUT2D eigenvalue weighted by molar-refractivity contribution is -0.145. The molecule has 0 saturated heterocycles. The summed E-state index contributed by atoms with van der Waals surface area (Å²) in [6.07, 6.45) is 1.40. The Morgan fingerprint density at radius 3 is 2.50 bits per heavy atom. The molecule has 0 heterocycles. The van der Waals surface area contributed by atoms with Crippen LogP contribution in [-0.2, 0) is 9.53 Å². The van der Waals surface area contributed by atoms with Gasteiger partial charge in [0.2, 0.25) is 17.7 Å². The Morgan fingerprint density at radius 2 is 1.82 bits per heavy atom. The summed E-state index contributed by atoms with van der Waals surface area (Å²) in [4.78, 5) is 36.0. The number of ketones is 2. The van der Waals surface area contributed by atoms with Crippen LogP contribution in [0.1, 0.15) is 60.2 Å². The van der Waals surface area contributed by atoms with Crippen LogP contribution in [-0.4, -0.2) is 30.2 Å². The molecule has 2 rings (SSSR count). The first-order valence-corrected chi connectivity index (χ1v) is 7.63. The molecular weight excluding hydrogens is 284 g/mol. The molecule has 0 N–H and O–H groups in total. The van der Waals surface area contributed by atoms with E-state index < -0.39 is 23.6 Å². The molecular formula is C17H20O5. The van der Waals surface area contributed by atoms with Crippen molar-refractivity contribution in [2.45, 2.75) is 45.6 Å². The molecule has 0 aromatic heterocycles. The van der Waals surface area contributed by atoms with E-state index in [1.807, 2.05) is 6.92 Å². The van der Waals surface area contributed by atoms with Gasteiger partial charge in [0.1, 0.15) is 5.75 Å². The minimum atomic E-state index is -1.33. The minimum absolute atomic E-state index is 0.193. The molecule has 118 valence electrons. The predicted octanol–water partition coefficient (Wildman–Crippen LogP) is 2.96. The number of carbonyl (C=O) groups is 3. The van der Waals surface area contributed by atoms with Crippen molar-refractivity contribution in [2.75, 3.05) is 6.61 Å². The monoisotopic (exact) mass is 304 g/mol. The molecule has 1 unspecified atom stereocenters. The molecule has 1 aromatic rings. The maximum atomic E-state index is 12.3. The maximum Gasteiger partial charge on any atom is 0.306 e. The highest BCUT2D eigenvalue weighted by Gasteiger charge is 2.41. The fourth-order valence-corrected chi connectivity index (χ4v) is 2.27. The Hall–Kier alpha value is -2.17. The number of Topliss-reactive ketones (excluding diaryl/α,β-unsaturated/α-hetero) is 2. The number of ether oxygens (including phenoxy) is 2. The summed E-state index contributed by atoms with van der Waals surface area (Å²) >= 11 is 0. The summed E-state index contributed by atoms with van der Waals surface area (Å²) < 4.78 is 10.6. The Morgan fingerprint density at radius 1 is 1.09 bits per heavy atom. The molecule has 0 fully saturated rings. The van der Waals surface area contributed by atoms with E-state index in [-0.39, 0.29) is 12.0 Å². The van der Waals surface area contributed by atoms with E-state index in [0.29, 0.717) is 24.3 Å². The standard InChI is InChI=1S/C17H20O5/c1-3-5-9-21-11-7-8-12-13(10-11)16(20)17(15(12)19)22-14(18)6-4-2/h7-8,10,17H,3-6,9H2,1-2H3. The third kappa shape index (κ3) is 3.35. The predicted molar refractivity (Wildman–Crippen MR) is 80.3 cm³/mol. The number of rotatable bonds is 7. The molecule has 0 aliphatic heterocycles. The zero-order valence-corrected chi connectivity index (χ0v) is 12.9. The Bertz CT molecular complexity index is 591. The highest BCUT2D eigenvalue weighted by molar-refractivity contribution is 6.29. The van der Waals surface area contributed by atoms with Gasteiger partial charge in [-0.1, -0.05) is 20.3 Å². The topological polar surface area (TPSA) is 69.7 Å². The Balaban J connectivity index is 2.13. The van der Waals surface area contributed by atoms with Crippen molar-refractivity contribution < 1.29 is 23.9 Å². The van der Waals surface area contributed by atoms with Gasteiger partial charge in [-0.25, -0.2) is 0 Å². The normalized spacial score (nSPS) is 16.5. The van der Waals surface area contributed by atoms with Gasteiger partial charge in [0.25, 0.3) is 0 Å². The smallest absolute Gasteiger partial charge is 0.306 e. The summed E-state index contributed by atoms with van der Waals surface area (Å²) in [5.74, 6) is -0.898. The lowest BCUT2D eigenvalue weighted by atomic mass is 10.1. The zero-order chi connectivity index (χ0) is 16.1. The van der Waals surface area contributed by atoms with Crippen molar-refractivity contribution in [1.82, 2.24) is 0 Å². The SMILES string of the molecule is CCCCOc1ccc2c(c1)C(=O)C(OC(=O)CCC)C2=O. The summed E-state index contributed by atoms with van der Waals surface area (Å²) in [6.45, 7) is 4.45. The third-order valence-corrected chi connectivity index (χ3v) is 3.47. The van der Waals surface area contributed by atoms with E-state index in [1.165, 1.54) is 0 Å². The van der Waals surface area contributed by atoms with Crippen molar-refractivity contribution in [1.29, 1.82) is 0 Å². The lowest BCUT2D eigenvalue weighted by Gasteiger charge is -2.08. The summed E-state index contributed by atoms with van der Waals surface area (Å²) in [5, 5.41) is 0. The van der Waals surface area contributed by atoms with Crippen LogP contribution in [0.3, 0.4) is 0 Å². The van der Waals surface area contributed by atoms with Crippen LogP contribution in [0.25, 0.3) is 0 Å². The van der Waals surface area contributed by atoms with Crippen molar-refractivity contribution >= 4 is 17.5 Å². The Labute approximate surface area is 129 Å². The summed E-state index contributed by atoms with van der Waals surface area (Å²) in [6, 6.07) is 4.78. The van der Waals surface area contributed by atoms with Crippen LogP contribution in [0.2, 0.25) is 0 Å². The molecule has 5 heteroatoms. The van der Waals surface area contributed by atoms with Gasteiger partial charge >= 0.3 is 5.97 Å². The maximum absolute atomic E-state index is 12.3. The highest BCUT2D eigenvalue weighted by Crippen LogP contribution is 2.28. The van der Waals surface area contributed by atoms with Crippen LogP contribution >= 0.6 is 0 Å². The molecule has 1 atom stereocenters. The number of hydrogen-bond acceptors (Lipinski definition) is 5. The van der Waals surface area contributed by atoms with E-state index in [4.69, 9.17) is 9.47 Å². The van der Waals surface area contributed by atoms with Gasteiger partial charge in [-0.15, -0.1) is 0 Å². The summed E-state index contributed by atoms with van der Waals surface area (Å²) in [5.41, 5.74) is 0.565. The fraction of sp³-hybridized carbons (Fsp3) is 0.471. The molecule has 1 aliphatic carbocycles. The van der Waals surface area contributed by atoms with Crippen molar-refractivity contribution in [3.05, 3.63) is 29.3 Å². The molecule has 0 bridgehead atoms. The third-order valence-electron chi connectivity index (χ3n) is 3.47. The number of esters is 1. The van der Waals surface area contributed by atoms with Gasteiger partial charge in [-0.05, 0) is 31.0 Å². The highest BCUT2D eigenvalue weighted by atomic mass is 16.6. The molecule has 1 aromatic carbocycles. The van der Waals surface area contributed by atoms with E-state index in [0.717, 1.165) is 12.8 Å². The number of unbranched alkanes of at least 4 members (excludes halogenated alkanes) is 1. The molecule has 0 saturated carbocycles. The van der Waals surface area contributed by atoms with Crippen LogP contribution in [0, 0.1) is 0 Å². The van der Waals surface area contributed by atoms with E-state index in [9.17, 15) is 14.4 Å². The number of benzene rings is 1. The average molecular weight is 304 g/mol. The number of hydrogen-bond donors (Lipinski definition) is 0. The van der Waals surface area contributed by atoms with Gasteiger partial charge in [0.05, 0.1) is 6.61 Å². The first-order chi connectivity index (χ1) is 10.6. The number of carbonyl (C=O) groups excluding carboxylic acids is 3. The van der Waals surface area contributed by atoms with Crippen LogP contribution < -0.4 is 4.74 Å². The van der Waals surface area contributed by atoms with Crippen LogP contribution in [0.15, 0.2) is 18.2 Å². The minimum Gasteiger partial charge on any atom is -0.494 e. The largest absolute Gasteiger partial charge is 0.494 e. The average Bonchev–Trinajstić information content (AvgIpc) is 2.73. The van der Waals surface area contributed by atoms with E-state index in [1.54, 1.807) is 18.2 Å². The van der Waals surface area contributed by atoms with Gasteiger partial charge in [-0.2, -0.15) is 0 Å². The fourth-order valence-electron chi connectivity index (χ4n) is 2.27. The quantitative estimate of drug-likeness (QED) is 0.440. The van der Waals surface area contributed by atoms with Crippen molar-refractivity contribution in [3.8, 4) is 5.75 Å². The second-order valence-electron chi connectivity index (χ2n) is 5.26. The van der Waals surface area contributed by atoms with Gasteiger partial charge in [0.15, 0.2) is 0 Å². The second-order valence-corrected chi connectivity index (χ2v) is 5.26. The van der Waals surface area contributed by atoms with Gasteiger partial charge in [0, 0.05) is 17.5 Å². The zero-order valence-electron chi connectivity index (χ0n) is 12.9.